The third-order valence-corrected chi connectivity index (χ3v) is 7.77. The fourth-order valence-corrected chi connectivity index (χ4v) is 6.28. The number of imide groups is 1. The predicted octanol–water partition coefficient (Wildman–Crippen LogP) is 3.70. The van der Waals surface area contributed by atoms with Crippen molar-refractivity contribution < 1.29 is 23.9 Å². The van der Waals surface area contributed by atoms with Crippen LogP contribution in [0.25, 0.3) is 0 Å². The van der Waals surface area contributed by atoms with E-state index >= 15 is 0 Å². The Morgan fingerprint density at radius 2 is 1.74 bits per heavy atom. The number of hydrogen-bond donors (Lipinski definition) is 1. The number of rotatable bonds is 7. The van der Waals surface area contributed by atoms with Crippen LogP contribution >= 0.6 is 11.3 Å². The Hall–Kier alpha value is -2.22. The standard InChI is InChI=1S/C23H30N2O5S/c1-2-13-30-23(29)19-16-9-5-6-10-17(16)31-20(19)24-18(26)11-12-25-21(27)14-7-3-4-8-15(14)22(25)28/h14-15H,2-13H2,1H3,(H,24,26)/t14-,15-/m1/s1. The molecule has 0 bridgehead atoms. The molecule has 2 aliphatic carbocycles. The molecule has 31 heavy (non-hydrogen) atoms. The second-order valence-electron chi connectivity index (χ2n) is 8.67. The van der Waals surface area contributed by atoms with Crippen molar-refractivity contribution in [2.24, 2.45) is 11.8 Å². The van der Waals surface area contributed by atoms with E-state index in [-0.39, 0.29) is 48.5 Å². The Bertz CT molecular complexity index is 869. The molecule has 3 amide bonds. The number of carbonyl (C=O) groups excluding carboxylic acids is 4. The van der Waals surface area contributed by atoms with E-state index in [0.29, 0.717) is 17.2 Å². The van der Waals surface area contributed by atoms with Gasteiger partial charge in [-0.1, -0.05) is 19.8 Å². The minimum atomic E-state index is -0.384. The molecule has 2 atom stereocenters. The fraction of sp³-hybridized carbons (Fsp3) is 0.652. The number of carbonyl (C=O) groups is 4. The predicted molar refractivity (Wildman–Crippen MR) is 117 cm³/mol. The molecule has 168 valence electrons. The molecule has 1 N–H and O–H groups in total. The van der Waals surface area contributed by atoms with Gasteiger partial charge < -0.3 is 10.1 Å². The summed E-state index contributed by atoms with van der Waals surface area (Å²) in [6.07, 6.45) is 8.08. The second-order valence-corrected chi connectivity index (χ2v) is 9.78. The van der Waals surface area contributed by atoms with E-state index in [9.17, 15) is 19.2 Å². The van der Waals surface area contributed by atoms with E-state index in [1.807, 2.05) is 6.92 Å². The van der Waals surface area contributed by atoms with Crippen molar-refractivity contribution in [1.29, 1.82) is 0 Å². The number of amides is 3. The van der Waals surface area contributed by atoms with Crippen LogP contribution in [-0.2, 0) is 32.0 Å². The van der Waals surface area contributed by atoms with Crippen molar-refractivity contribution in [3.8, 4) is 0 Å². The van der Waals surface area contributed by atoms with E-state index in [1.54, 1.807) is 0 Å². The normalized spacial score (nSPS) is 22.8. The Morgan fingerprint density at radius 3 is 2.42 bits per heavy atom. The van der Waals surface area contributed by atoms with E-state index in [2.05, 4.69) is 5.32 Å². The van der Waals surface area contributed by atoms with Gasteiger partial charge >= 0.3 is 5.97 Å². The summed E-state index contributed by atoms with van der Waals surface area (Å²) >= 11 is 1.45. The summed E-state index contributed by atoms with van der Waals surface area (Å²) in [6.45, 7) is 2.38. The number of hydrogen-bond acceptors (Lipinski definition) is 6. The van der Waals surface area contributed by atoms with E-state index < -0.39 is 0 Å². The molecule has 3 aliphatic rings. The Labute approximate surface area is 186 Å². The number of anilines is 1. The van der Waals surface area contributed by atoms with Crippen LogP contribution in [0.2, 0.25) is 0 Å². The minimum absolute atomic E-state index is 0.0307. The molecule has 0 radical (unpaired) electrons. The lowest BCUT2D eigenvalue weighted by Crippen LogP contribution is -2.34. The first-order chi connectivity index (χ1) is 15.0. The van der Waals surface area contributed by atoms with Crippen molar-refractivity contribution in [1.82, 2.24) is 4.90 Å². The lowest BCUT2D eigenvalue weighted by Gasteiger charge is -2.19. The quantitative estimate of drug-likeness (QED) is 0.509. The number of nitrogens with one attached hydrogen (secondary N) is 1. The number of aryl methyl sites for hydroxylation is 1. The van der Waals surface area contributed by atoms with Gasteiger partial charge in [0.1, 0.15) is 5.00 Å². The van der Waals surface area contributed by atoms with Crippen LogP contribution in [-0.4, -0.2) is 41.7 Å². The van der Waals surface area contributed by atoms with Crippen LogP contribution in [0.4, 0.5) is 5.00 Å². The van der Waals surface area contributed by atoms with Crippen molar-refractivity contribution in [3.63, 3.8) is 0 Å². The maximum absolute atomic E-state index is 12.7. The van der Waals surface area contributed by atoms with Crippen molar-refractivity contribution in [2.45, 2.75) is 71.1 Å². The summed E-state index contributed by atoms with van der Waals surface area (Å²) in [5, 5.41) is 3.40. The zero-order valence-electron chi connectivity index (χ0n) is 18.0. The SMILES string of the molecule is CCCOC(=O)c1c(NC(=O)CCN2C(=O)[C@@H]3CCCC[C@H]3C2=O)sc2c1CCCC2. The van der Waals surface area contributed by atoms with Gasteiger partial charge in [0.25, 0.3) is 0 Å². The largest absolute Gasteiger partial charge is 0.462 e. The molecule has 2 heterocycles. The fourth-order valence-electron chi connectivity index (χ4n) is 4.99. The smallest absolute Gasteiger partial charge is 0.341 e. The number of esters is 1. The highest BCUT2D eigenvalue weighted by Crippen LogP contribution is 2.39. The van der Waals surface area contributed by atoms with Crippen LogP contribution in [0.15, 0.2) is 0 Å². The average Bonchev–Trinajstić information content (AvgIpc) is 3.25. The summed E-state index contributed by atoms with van der Waals surface area (Å²) in [5.41, 5.74) is 1.49. The Kier molecular flexibility index (Phi) is 6.74. The Morgan fingerprint density at radius 1 is 1.06 bits per heavy atom. The maximum Gasteiger partial charge on any atom is 0.341 e. The highest BCUT2D eigenvalue weighted by Gasteiger charge is 2.47. The third kappa shape index (κ3) is 4.40. The van der Waals surface area contributed by atoms with Gasteiger partial charge in [-0.3, -0.25) is 19.3 Å². The van der Waals surface area contributed by atoms with Gasteiger partial charge in [-0.2, -0.15) is 0 Å². The second kappa shape index (κ2) is 9.51. The first kappa shape index (κ1) is 22.0. The number of likely N-dealkylation sites (tertiary alicyclic amines) is 1. The van der Waals surface area contributed by atoms with E-state index in [1.165, 1.54) is 16.2 Å². The van der Waals surface area contributed by atoms with Crippen LogP contribution in [0, 0.1) is 11.8 Å². The summed E-state index contributed by atoms with van der Waals surface area (Å²) < 4.78 is 5.37. The number of fused-ring (bicyclic) bond motifs is 2. The molecular weight excluding hydrogens is 416 g/mol. The van der Waals surface area contributed by atoms with Crippen LogP contribution in [0.1, 0.15) is 79.1 Å². The third-order valence-electron chi connectivity index (χ3n) is 6.56. The number of nitrogens with zero attached hydrogens (tertiary/aromatic N) is 1. The molecule has 4 rings (SSSR count). The summed E-state index contributed by atoms with van der Waals surface area (Å²) in [6, 6.07) is 0. The molecule has 1 aromatic heterocycles. The first-order valence-corrected chi connectivity index (χ1v) is 12.3. The molecule has 1 saturated carbocycles. The van der Waals surface area contributed by atoms with Crippen LogP contribution < -0.4 is 5.32 Å². The van der Waals surface area contributed by atoms with Crippen molar-refractivity contribution in [3.05, 3.63) is 16.0 Å². The van der Waals surface area contributed by atoms with Crippen LogP contribution in [0.3, 0.4) is 0 Å². The monoisotopic (exact) mass is 446 g/mol. The topological polar surface area (TPSA) is 92.8 Å². The van der Waals surface area contributed by atoms with Gasteiger partial charge in [-0.05, 0) is 50.5 Å². The summed E-state index contributed by atoms with van der Waals surface area (Å²) in [7, 11) is 0. The molecule has 2 fully saturated rings. The molecule has 1 aliphatic heterocycles. The van der Waals surface area contributed by atoms with Gasteiger partial charge in [-0.15, -0.1) is 11.3 Å². The Balaban J connectivity index is 1.43. The van der Waals surface area contributed by atoms with Crippen molar-refractivity contribution >= 4 is 40.0 Å². The lowest BCUT2D eigenvalue weighted by molar-refractivity contribution is -0.140. The van der Waals surface area contributed by atoms with E-state index in [4.69, 9.17) is 4.74 Å². The maximum atomic E-state index is 12.7. The van der Waals surface area contributed by atoms with Crippen LogP contribution in [0.5, 0.6) is 0 Å². The number of ether oxygens (including phenoxy) is 1. The van der Waals surface area contributed by atoms with Gasteiger partial charge in [0.05, 0.1) is 24.0 Å². The highest BCUT2D eigenvalue weighted by molar-refractivity contribution is 7.17. The minimum Gasteiger partial charge on any atom is -0.462 e. The summed E-state index contributed by atoms with van der Waals surface area (Å²) in [4.78, 5) is 53.0. The molecule has 0 aromatic carbocycles. The highest BCUT2D eigenvalue weighted by atomic mass is 32.1. The number of thiophene rings is 1. The van der Waals surface area contributed by atoms with Crippen molar-refractivity contribution in [2.75, 3.05) is 18.5 Å². The lowest BCUT2D eigenvalue weighted by atomic mass is 9.81. The van der Waals surface area contributed by atoms with Gasteiger partial charge in [0.2, 0.25) is 17.7 Å². The van der Waals surface area contributed by atoms with Gasteiger partial charge in [-0.25, -0.2) is 4.79 Å². The van der Waals surface area contributed by atoms with Gasteiger partial charge in [0, 0.05) is 17.8 Å². The molecule has 1 aromatic rings. The molecular formula is C23H30N2O5S. The van der Waals surface area contributed by atoms with Gasteiger partial charge in [0.15, 0.2) is 0 Å². The first-order valence-electron chi connectivity index (χ1n) is 11.5. The molecule has 1 saturated heterocycles. The molecule has 0 unspecified atom stereocenters. The van der Waals surface area contributed by atoms with E-state index in [0.717, 1.165) is 68.2 Å². The summed E-state index contributed by atoms with van der Waals surface area (Å²) in [5.74, 6) is -1.33. The molecule has 0 spiro atoms. The molecule has 7 nitrogen and oxygen atoms in total. The average molecular weight is 447 g/mol. The zero-order valence-corrected chi connectivity index (χ0v) is 18.9. The molecule has 8 heteroatoms. The zero-order chi connectivity index (χ0) is 22.0.